The highest BCUT2D eigenvalue weighted by Crippen LogP contribution is 2.39. The van der Waals surface area contributed by atoms with Crippen LogP contribution in [0, 0.1) is 11.8 Å². The van der Waals surface area contributed by atoms with E-state index < -0.39 is 6.10 Å². The van der Waals surface area contributed by atoms with Gasteiger partial charge in [-0.2, -0.15) is 0 Å². The summed E-state index contributed by atoms with van der Waals surface area (Å²) in [5.41, 5.74) is 0.455. The van der Waals surface area contributed by atoms with Gasteiger partial charge in [0.1, 0.15) is 17.7 Å². The SMILES string of the molecule is COC(=O)c1cccc(O[C@@H]2C[C@@H]3CN(Cc4nccn4C4CC4)C[C@@H]3C[C@H]2O)c1. The van der Waals surface area contributed by atoms with E-state index in [-0.39, 0.29) is 12.1 Å². The quantitative estimate of drug-likeness (QED) is 0.737. The second-order valence-corrected chi connectivity index (χ2v) is 8.91. The van der Waals surface area contributed by atoms with E-state index in [1.165, 1.54) is 20.0 Å². The van der Waals surface area contributed by atoms with Crippen LogP contribution >= 0.6 is 0 Å². The number of esters is 1. The highest BCUT2D eigenvalue weighted by atomic mass is 16.5. The lowest BCUT2D eigenvalue weighted by molar-refractivity contribution is -0.0231. The second-order valence-electron chi connectivity index (χ2n) is 8.91. The van der Waals surface area contributed by atoms with E-state index in [1.807, 2.05) is 12.3 Å². The number of rotatable bonds is 6. The molecule has 1 aromatic carbocycles. The van der Waals surface area contributed by atoms with Gasteiger partial charge in [-0.15, -0.1) is 0 Å². The third kappa shape index (κ3) is 3.96. The molecule has 2 aromatic rings. The number of carbonyl (C=O) groups excluding carboxylic acids is 1. The third-order valence-electron chi connectivity index (χ3n) is 6.76. The van der Waals surface area contributed by atoms with E-state index in [1.54, 1.807) is 18.2 Å². The fourth-order valence-corrected chi connectivity index (χ4v) is 5.08. The van der Waals surface area contributed by atoms with Crippen LogP contribution in [-0.2, 0) is 11.3 Å². The number of methoxy groups -OCH3 is 1. The van der Waals surface area contributed by atoms with Crippen molar-refractivity contribution in [3.05, 3.63) is 48.0 Å². The molecule has 2 saturated carbocycles. The molecule has 5 rings (SSSR count). The Labute approximate surface area is 176 Å². The Hall–Kier alpha value is -2.38. The largest absolute Gasteiger partial charge is 0.488 e. The molecule has 0 unspecified atom stereocenters. The molecular formula is C23H29N3O4. The monoisotopic (exact) mass is 411 g/mol. The van der Waals surface area contributed by atoms with Crippen LogP contribution in [0.1, 0.15) is 47.9 Å². The molecule has 2 aliphatic carbocycles. The zero-order valence-corrected chi connectivity index (χ0v) is 17.3. The van der Waals surface area contributed by atoms with Crippen molar-refractivity contribution in [3.8, 4) is 5.75 Å². The van der Waals surface area contributed by atoms with Crippen LogP contribution in [0.3, 0.4) is 0 Å². The molecule has 30 heavy (non-hydrogen) atoms. The van der Waals surface area contributed by atoms with Crippen molar-refractivity contribution >= 4 is 5.97 Å². The minimum atomic E-state index is -0.499. The molecule has 7 nitrogen and oxygen atoms in total. The summed E-state index contributed by atoms with van der Waals surface area (Å²) in [6, 6.07) is 7.63. The van der Waals surface area contributed by atoms with Gasteiger partial charge >= 0.3 is 5.97 Å². The van der Waals surface area contributed by atoms with Crippen molar-refractivity contribution in [3.63, 3.8) is 0 Å². The molecule has 3 aliphatic rings. The molecule has 3 fully saturated rings. The summed E-state index contributed by atoms with van der Waals surface area (Å²) in [5, 5.41) is 10.7. The summed E-state index contributed by atoms with van der Waals surface area (Å²) in [6.45, 7) is 2.89. The molecule has 0 spiro atoms. The van der Waals surface area contributed by atoms with E-state index >= 15 is 0 Å². The predicted octanol–water partition coefficient (Wildman–Crippen LogP) is 2.65. The average Bonchev–Trinajstić information content (AvgIpc) is 3.37. The zero-order chi connectivity index (χ0) is 20.7. The smallest absolute Gasteiger partial charge is 0.337 e. The van der Waals surface area contributed by atoms with Gasteiger partial charge in [-0.1, -0.05) is 6.07 Å². The molecule has 0 radical (unpaired) electrons. The van der Waals surface area contributed by atoms with Crippen molar-refractivity contribution in [2.75, 3.05) is 20.2 Å². The first kappa shape index (κ1) is 19.6. The maximum Gasteiger partial charge on any atom is 0.337 e. The van der Waals surface area contributed by atoms with Crippen LogP contribution in [0.15, 0.2) is 36.7 Å². The van der Waals surface area contributed by atoms with Gasteiger partial charge in [0.2, 0.25) is 0 Å². The van der Waals surface area contributed by atoms with Crippen LogP contribution in [0.2, 0.25) is 0 Å². The van der Waals surface area contributed by atoms with Crippen molar-refractivity contribution in [2.24, 2.45) is 11.8 Å². The number of aliphatic hydroxyl groups is 1. The molecular weight excluding hydrogens is 382 g/mol. The number of hydrogen-bond donors (Lipinski definition) is 1. The minimum absolute atomic E-state index is 0.257. The fraction of sp³-hybridized carbons (Fsp3) is 0.565. The maximum absolute atomic E-state index is 11.8. The summed E-state index contributed by atoms with van der Waals surface area (Å²) in [5.74, 6) is 2.36. The molecule has 160 valence electrons. The van der Waals surface area contributed by atoms with E-state index in [9.17, 15) is 9.90 Å². The highest BCUT2D eigenvalue weighted by Gasteiger charge is 2.43. The van der Waals surface area contributed by atoms with Gasteiger partial charge in [-0.05, 0) is 55.7 Å². The van der Waals surface area contributed by atoms with Crippen molar-refractivity contribution < 1.29 is 19.4 Å². The number of carbonyl (C=O) groups is 1. The lowest BCUT2D eigenvalue weighted by atomic mass is 9.78. The summed E-state index contributed by atoms with van der Waals surface area (Å²) in [6.07, 6.45) is 7.35. The predicted molar refractivity (Wildman–Crippen MR) is 110 cm³/mol. The second kappa shape index (κ2) is 8.04. The summed E-state index contributed by atoms with van der Waals surface area (Å²) >= 11 is 0. The molecule has 1 aliphatic heterocycles. The van der Waals surface area contributed by atoms with E-state index in [0.29, 0.717) is 29.2 Å². The molecule has 1 aromatic heterocycles. The van der Waals surface area contributed by atoms with Crippen LogP contribution in [-0.4, -0.2) is 57.9 Å². The van der Waals surface area contributed by atoms with E-state index in [4.69, 9.17) is 9.47 Å². The van der Waals surface area contributed by atoms with Gasteiger partial charge in [0.25, 0.3) is 0 Å². The minimum Gasteiger partial charge on any atom is -0.488 e. The van der Waals surface area contributed by atoms with Gasteiger partial charge in [0.05, 0.1) is 25.3 Å². The lowest BCUT2D eigenvalue weighted by Crippen LogP contribution is -2.42. The number of fused-ring (bicyclic) bond motifs is 1. The first-order chi connectivity index (χ1) is 14.6. The number of benzene rings is 1. The number of likely N-dealkylation sites (tertiary alicyclic amines) is 1. The average molecular weight is 412 g/mol. The van der Waals surface area contributed by atoms with E-state index in [0.717, 1.165) is 38.3 Å². The Bertz CT molecular complexity index is 909. The number of imidazole rings is 1. The number of aromatic nitrogens is 2. The van der Waals surface area contributed by atoms with Crippen molar-refractivity contribution in [1.82, 2.24) is 14.5 Å². The Morgan fingerprint density at radius 2 is 2.03 bits per heavy atom. The first-order valence-corrected chi connectivity index (χ1v) is 10.9. The molecule has 0 bridgehead atoms. The summed E-state index contributed by atoms with van der Waals surface area (Å²) in [7, 11) is 1.36. The lowest BCUT2D eigenvalue weighted by Gasteiger charge is -2.35. The molecule has 4 atom stereocenters. The summed E-state index contributed by atoms with van der Waals surface area (Å²) < 4.78 is 13.2. The van der Waals surface area contributed by atoms with Crippen LogP contribution in [0.25, 0.3) is 0 Å². The Morgan fingerprint density at radius 3 is 2.80 bits per heavy atom. The van der Waals surface area contributed by atoms with Gasteiger partial charge in [0.15, 0.2) is 0 Å². The zero-order valence-electron chi connectivity index (χ0n) is 17.3. The molecule has 1 saturated heterocycles. The van der Waals surface area contributed by atoms with Gasteiger partial charge in [-0.3, -0.25) is 4.90 Å². The number of aliphatic hydroxyl groups excluding tert-OH is 1. The van der Waals surface area contributed by atoms with Crippen LogP contribution < -0.4 is 4.74 Å². The molecule has 1 N–H and O–H groups in total. The Morgan fingerprint density at radius 1 is 1.23 bits per heavy atom. The topological polar surface area (TPSA) is 76.8 Å². The Kier molecular flexibility index (Phi) is 5.25. The molecule has 7 heteroatoms. The summed E-state index contributed by atoms with van der Waals surface area (Å²) in [4.78, 5) is 18.8. The number of hydrogen-bond acceptors (Lipinski definition) is 6. The van der Waals surface area contributed by atoms with Gasteiger partial charge in [-0.25, -0.2) is 9.78 Å². The normalized spacial score (nSPS) is 28.9. The Balaban J connectivity index is 1.22. The van der Waals surface area contributed by atoms with Crippen LogP contribution in [0.5, 0.6) is 5.75 Å². The third-order valence-corrected chi connectivity index (χ3v) is 6.76. The maximum atomic E-state index is 11.8. The van der Waals surface area contributed by atoms with Crippen molar-refractivity contribution in [1.29, 1.82) is 0 Å². The number of ether oxygens (including phenoxy) is 2. The van der Waals surface area contributed by atoms with Crippen LogP contribution in [0.4, 0.5) is 0 Å². The fourth-order valence-electron chi connectivity index (χ4n) is 5.08. The number of nitrogens with zero attached hydrogens (tertiary/aromatic N) is 3. The van der Waals surface area contributed by atoms with Gasteiger partial charge in [0, 0.05) is 31.5 Å². The van der Waals surface area contributed by atoms with Gasteiger partial charge < -0.3 is 19.1 Å². The molecule has 0 amide bonds. The molecule has 2 heterocycles. The highest BCUT2D eigenvalue weighted by molar-refractivity contribution is 5.89. The standard InChI is InChI=1S/C23H29N3O4/c1-29-23(28)15-3-2-4-19(9-15)30-21-11-17-13-25(12-16(17)10-20(21)27)14-22-24-7-8-26(22)18-5-6-18/h2-4,7-9,16-18,20-21,27H,5-6,10-14H2,1H3/t16-,17+,20+,21+/m0/s1. The van der Waals surface area contributed by atoms with E-state index in [2.05, 4.69) is 20.6 Å². The van der Waals surface area contributed by atoms with Crippen molar-refractivity contribution in [2.45, 2.75) is 50.5 Å². The first-order valence-electron chi connectivity index (χ1n) is 10.9.